The van der Waals surface area contributed by atoms with E-state index in [1.54, 1.807) is 0 Å². The summed E-state index contributed by atoms with van der Waals surface area (Å²) in [7, 11) is 0. The van der Waals surface area contributed by atoms with Crippen molar-refractivity contribution in [3.63, 3.8) is 0 Å². The number of carbonyl (C=O) groups is 1. The molecule has 0 saturated carbocycles. The molecule has 2 N–H and O–H groups in total. The van der Waals surface area contributed by atoms with Crippen LogP contribution in [-0.2, 0) is 4.79 Å². The summed E-state index contributed by atoms with van der Waals surface area (Å²) < 4.78 is 0. The minimum absolute atomic E-state index is 0.0280. The summed E-state index contributed by atoms with van der Waals surface area (Å²) in [6.45, 7) is 9.05. The van der Waals surface area contributed by atoms with Crippen LogP contribution in [0.1, 0.15) is 53.4 Å². The van der Waals surface area contributed by atoms with E-state index in [4.69, 9.17) is 5.11 Å². The molecule has 96 valence electrons. The average Bonchev–Trinajstić information content (AvgIpc) is 2.24. The molecule has 3 heteroatoms. The molecule has 0 bridgehead atoms. The van der Waals surface area contributed by atoms with E-state index >= 15 is 0 Å². The fourth-order valence-corrected chi connectivity index (χ4v) is 1.60. The predicted molar refractivity (Wildman–Crippen MR) is 67.2 cm³/mol. The Balaban J connectivity index is 3.63. The molecule has 0 aliphatic carbocycles. The van der Waals surface area contributed by atoms with Crippen LogP contribution < -0.4 is 5.32 Å². The molecule has 0 aromatic heterocycles. The molecule has 1 atom stereocenters. The van der Waals surface area contributed by atoms with Gasteiger partial charge in [0.2, 0.25) is 5.91 Å². The topological polar surface area (TPSA) is 49.3 Å². The molecule has 0 heterocycles. The van der Waals surface area contributed by atoms with E-state index in [0.717, 1.165) is 32.2 Å². The van der Waals surface area contributed by atoms with Crippen molar-refractivity contribution in [2.45, 2.75) is 53.4 Å². The molecule has 0 aromatic rings. The van der Waals surface area contributed by atoms with Crippen LogP contribution >= 0.6 is 0 Å². The third-order valence-corrected chi connectivity index (χ3v) is 2.93. The van der Waals surface area contributed by atoms with Crippen LogP contribution in [0.15, 0.2) is 0 Å². The molecule has 3 nitrogen and oxygen atoms in total. The number of hydrogen-bond donors (Lipinski definition) is 2. The van der Waals surface area contributed by atoms with Crippen LogP contribution in [0, 0.1) is 11.3 Å². The molecular formula is C13H27NO2. The maximum absolute atomic E-state index is 11.6. The summed E-state index contributed by atoms with van der Waals surface area (Å²) in [5.41, 5.74) is -0.0280. The second-order valence-electron chi connectivity index (χ2n) is 5.41. The van der Waals surface area contributed by atoms with Gasteiger partial charge in [0.05, 0.1) is 0 Å². The van der Waals surface area contributed by atoms with Gasteiger partial charge in [-0.2, -0.15) is 0 Å². The number of amides is 1. The monoisotopic (exact) mass is 229 g/mol. The van der Waals surface area contributed by atoms with Crippen LogP contribution in [0.25, 0.3) is 0 Å². The Hall–Kier alpha value is -0.570. The summed E-state index contributed by atoms with van der Waals surface area (Å²) in [5.74, 6) is 0.277. The molecule has 0 rings (SSSR count). The predicted octanol–water partition coefficient (Wildman–Crippen LogP) is 2.34. The fourth-order valence-electron chi connectivity index (χ4n) is 1.60. The smallest absolute Gasteiger partial charge is 0.222 e. The van der Waals surface area contributed by atoms with Crippen molar-refractivity contribution in [3.05, 3.63) is 0 Å². The quantitative estimate of drug-likeness (QED) is 0.628. The molecule has 0 aromatic carbocycles. The lowest BCUT2D eigenvalue weighted by Crippen LogP contribution is -2.30. The molecule has 16 heavy (non-hydrogen) atoms. The highest BCUT2D eigenvalue weighted by atomic mass is 16.3. The average molecular weight is 229 g/mol. The molecule has 1 amide bonds. The first-order valence-electron chi connectivity index (χ1n) is 6.31. The molecule has 0 fully saturated rings. The molecule has 0 saturated heterocycles. The summed E-state index contributed by atoms with van der Waals surface area (Å²) in [6, 6.07) is 0. The van der Waals surface area contributed by atoms with Gasteiger partial charge in [-0.25, -0.2) is 0 Å². The van der Waals surface area contributed by atoms with Gasteiger partial charge in [0, 0.05) is 19.1 Å². The standard InChI is InChI=1S/C13H27NO2/c1-5-7-11(2)12(16)14-9-6-8-13(3,4)10-15/h11,15H,5-10H2,1-4H3,(H,14,16). The van der Waals surface area contributed by atoms with Crippen molar-refractivity contribution >= 4 is 5.91 Å². The first-order chi connectivity index (χ1) is 7.43. The van der Waals surface area contributed by atoms with E-state index in [0.29, 0.717) is 0 Å². The number of carbonyl (C=O) groups excluding carboxylic acids is 1. The normalized spacial score (nSPS) is 13.6. The van der Waals surface area contributed by atoms with Gasteiger partial charge in [0.15, 0.2) is 0 Å². The summed E-state index contributed by atoms with van der Waals surface area (Å²) in [4.78, 5) is 11.6. The highest BCUT2D eigenvalue weighted by molar-refractivity contribution is 5.78. The van der Waals surface area contributed by atoms with E-state index in [1.807, 2.05) is 20.8 Å². The number of nitrogens with one attached hydrogen (secondary N) is 1. The van der Waals surface area contributed by atoms with Gasteiger partial charge in [-0.15, -0.1) is 0 Å². The number of hydrogen-bond acceptors (Lipinski definition) is 2. The van der Waals surface area contributed by atoms with Gasteiger partial charge >= 0.3 is 0 Å². The molecular weight excluding hydrogens is 202 g/mol. The summed E-state index contributed by atoms with van der Waals surface area (Å²) in [6.07, 6.45) is 3.87. The van der Waals surface area contributed by atoms with Crippen molar-refractivity contribution in [1.29, 1.82) is 0 Å². The lowest BCUT2D eigenvalue weighted by Gasteiger charge is -2.21. The summed E-state index contributed by atoms with van der Waals surface area (Å²) >= 11 is 0. The maximum Gasteiger partial charge on any atom is 0.222 e. The molecule has 0 spiro atoms. The zero-order valence-corrected chi connectivity index (χ0v) is 11.2. The fraction of sp³-hybridized carbons (Fsp3) is 0.923. The van der Waals surface area contributed by atoms with Gasteiger partial charge in [-0.05, 0) is 24.7 Å². The first kappa shape index (κ1) is 15.4. The Kier molecular flexibility index (Phi) is 7.39. The van der Waals surface area contributed by atoms with Crippen LogP contribution in [0.4, 0.5) is 0 Å². The van der Waals surface area contributed by atoms with E-state index in [1.165, 1.54) is 0 Å². The molecule has 0 aliphatic rings. The lowest BCUT2D eigenvalue weighted by molar-refractivity contribution is -0.124. The number of rotatable bonds is 8. The SMILES string of the molecule is CCCC(C)C(=O)NCCCC(C)(C)CO. The highest BCUT2D eigenvalue weighted by Gasteiger charge is 2.16. The maximum atomic E-state index is 11.6. The van der Waals surface area contributed by atoms with Crippen molar-refractivity contribution in [2.75, 3.05) is 13.2 Å². The van der Waals surface area contributed by atoms with Crippen LogP contribution in [-0.4, -0.2) is 24.2 Å². The van der Waals surface area contributed by atoms with Crippen molar-refractivity contribution in [1.82, 2.24) is 5.32 Å². The van der Waals surface area contributed by atoms with Crippen LogP contribution in [0.5, 0.6) is 0 Å². The van der Waals surface area contributed by atoms with Crippen molar-refractivity contribution in [3.8, 4) is 0 Å². The minimum atomic E-state index is -0.0280. The molecule has 0 radical (unpaired) electrons. The van der Waals surface area contributed by atoms with Gasteiger partial charge in [0.1, 0.15) is 0 Å². The summed E-state index contributed by atoms with van der Waals surface area (Å²) in [5, 5.41) is 12.0. The van der Waals surface area contributed by atoms with Gasteiger partial charge in [0.25, 0.3) is 0 Å². The molecule has 1 unspecified atom stereocenters. The Morgan fingerprint density at radius 1 is 1.44 bits per heavy atom. The van der Waals surface area contributed by atoms with Gasteiger partial charge in [-0.3, -0.25) is 4.79 Å². The largest absolute Gasteiger partial charge is 0.396 e. The van der Waals surface area contributed by atoms with Crippen molar-refractivity contribution < 1.29 is 9.90 Å². The zero-order chi connectivity index (χ0) is 12.6. The van der Waals surface area contributed by atoms with Gasteiger partial charge < -0.3 is 10.4 Å². The first-order valence-corrected chi connectivity index (χ1v) is 6.31. The van der Waals surface area contributed by atoms with E-state index in [-0.39, 0.29) is 23.8 Å². The second kappa shape index (κ2) is 7.66. The Labute approximate surface area is 99.6 Å². The van der Waals surface area contributed by atoms with Crippen molar-refractivity contribution in [2.24, 2.45) is 11.3 Å². The lowest BCUT2D eigenvalue weighted by atomic mass is 9.89. The minimum Gasteiger partial charge on any atom is -0.396 e. The van der Waals surface area contributed by atoms with E-state index < -0.39 is 0 Å². The van der Waals surface area contributed by atoms with Gasteiger partial charge in [-0.1, -0.05) is 34.1 Å². The highest BCUT2D eigenvalue weighted by Crippen LogP contribution is 2.20. The zero-order valence-electron chi connectivity index (χ0n) is 11.2. The number of aliphatic hydroxyl groups is 1. The Morgan fingerprint density at radius 3 is 2.56 bits per heavy atom. The van der Waals surface area contributed by atoms with E-state index in [2.05, 4.69) is 12.2 Å². The third kappa shape index (κ3) is 6.83. The van der Waals surface area contributed by atoms with Crippen LogP contribution in [0.3, 0.4) is 0 Å². The molecule has 0 aliphatic heterocycles. The Bertz CT molecular complexity index is 202. The van der Waals surface area contributed by atoms with Crippen LogP contribution in [0.2, 0.25) is 0 Å². The Morgan fingerprint density at radius 2 is 2.06 bits per heavy atom. The third-order valence-electron chi connectivity index (χ3n) is 2.93. The second-order valence-corrected chi connectivity index (χ2v) is 5.41. The van der Waals surface area contributed by atoms with E-state index in [9.17, 15) is 4.79 Å². The number of aliphatic hydroxyl groups excluding tert-OH is 1.